The fourth-order valence-corrected chi connectivity index (χ4v) is 2.81. The molecule has 1 aliphatic carbocycles. The third kappa shape index (κ3) is 2.23. The number of pyridine rings is 1. The van der Waals surface area contributed by atoms with Crippen LogP contribution in [-0.4, -0.2) is 11.5 Å². The van der Waals surface area contributed by atoms with E-state index in [4.69, 9.17) is 0 Å². The second-order valence-corrected chi connectivity index (χ2v) is 6.43. The summed E-state index contributed by atoms with van der Waals surface area (Å²) in [5, 5.41) is 3.55. The monoisotopic (exact) mass is 232 g/mol. The first kappa shape index (κ1) is 12.6. The highest BCUT2D eigenvalue weighted by Gasteiger charge is 2.63. The van der Waals surface area contributed by atoms with Crippen molar-refractivity contribution in [1.29, 1.82) is 0 Å². The summed E-state index contributed by atoms with van der Waals surface area (Å²) in [4.78, 5) is 4.31. The van der Waals surface area contributed by atoms with Crippen LogP contribution in [0.3, 0.4) is 0 Å². The quantitative estimate of drug-likeness (QED) is 0.862. The zero-order valence-corrected chi connectivity index (χ0v) is 11.7. The van der Waals surface area contributed by atoms with Crippen LogP contribution in [0.15, 0.2) is 18.3 Å². The van der Waals surface area contributed by atoms with Gasteiger partial charge in [0, 0.05) is 18.4 Å². The van der Waals surface area contributed by atoms with Crippen LogP contribution < -0.4 is 5.32 Å². The lowest BCUT2D eigenvalue weighted by Gasteiger charge is -2.06. The number of hydrogen-bond donors (Lipinski definition) is 1. The molecule has 94 valence electrons. The lowest BCUT2D eigenvalue weighted by molar-refractivity contribution is 0.457. The number of hydrogen-bond acceptors (Lipinski definition) is 2. The van der Waals surface area contributed by atoms with Crippen molar-refractivity contribution < 1.29 is 0 Å². The minimum absolute atomic E-state index is 0.478. The molecule has 0 aromatic carbocycles. The summed E-state index contributed by atoms with van der Waals surface area (Å²) in [6.45, 7) is 13.5. The highest BCUT2D eigenvalue weighted by molar-refractivity contribution is 5.15. The van der Waals surface area contributed by atoms with Gasteiger partial charge in [0.15, 0.2) is 0 Å². The second-order valence-electron chi connectivity index (χ2n) is 6.43. The Balaban J connectivity index is 1.80. The molecule has 1 aromatic rings. The van der Waals surface area contributed by atoms with Gasteiger partial charge in [-0.15, -0.1) is 0 Å². The van der Waals surface area contributed by atoms with E-state index in [1.54, 1.807) is 0 Å². The summed E-state index contributed by atoms with van der Waals surface area (Å²) >= 11 is 0. The molecule has 0 unspecified atom stereocenters. The van der Waals surface area contributed by atoms with Gasteiger partial charge >= 0.3 is 0 Å². The van der Waals surface area contributed by atoms with Gasteiger partial charge in [-0.25, -0.2) is 0 Å². The minimum atomic E-state index is 0.478. The molecule has 2 nitrogen and oxygen atoms in total. The molecule has 0 spiro atoms. The molecule has 2 rings (SSSR count). The molecule has 2 heteroatoms. The Labute approximate surface area is 105 Å². The van der Waals surface area contributed by atoms with Crippen molar-refractivity contribution in [3.8, 4) is 0 Å². The lowest BCUT2D eigenvalue weighted by Crippen LogP contribution is -2.18. The molecule has 0 atom stereocenters. The van der Waals surface area contributed by atoms with Crippen LogP contribution in [0, 0.1) is 23.7 Å². The molecule has 0 saturated heterocycles. The van der Waals surface area contributed by atoms with Gasteiger partial charge in [0.05, 0.1) is 0 Å². The molecular weight excluding hydrogens is 208 g/mol. The van der Waals surface area contributed by atoms with Crippen LogP contribution in [0.2, 0.25) is 0 Å². The predicted molar refractivity (Wildman–Crippen MR) is 71.7 cm³/mol. The first-order chi connectivity index (χ1) is 7.85. The van der Waals surface area contributed by atoms with E-state index in [1.165, 1.54) is 5.56 Å². The van der Waals surface area contributed by atoms with Crippen LogP contribution in [0.25, 0.3) is 0 Å². The van der Waals surface area contributed by atoms with Crippen molar-refractivity contribution >= 4 is 0 Å². The predicted octanol–water partition coefficient (Wildman–Crippen LogP) is 3.16. The molecular formula is C15H24N2. The molecule has 1 saturated carbocycles. The number of aromatic nitrogens is 1. The van der Waals surface area contributed by atoms with Gasteiger partial charge in [0.2, 0.25) is 0 Å². The standard InChI is InChI=1S/C15H24N2/c1-11-6-7-12(9-17-11)8-16-10-13-14(2,3)15(13,4)5/h6-7,9,13,16H,8,10H2,1-5H3. The van der Waals surface area contributed by atoms with Crippen molar-refractivity contribution in [1.82, 2.24) is 10.3 Å². The van der Waals surface area contributed by atoms with E-state index >= 15 is 0 Å². The van der Waals surface area contributed by atoms with Gasteiger partial charge in [-0.3, -0.25) is 4.98 Å². The first-order valence-electron chi connectivity index (χ1n) is 6.48. The molecule has 1 fully saturated rings. The van der Waals surface area contributed by atoms with Crippen LogP contribution >= 0.6 is 0 Å². The summed E-state index contributed by atoms with van der Waals surface area (Å²) in [5.41, 5.74) is 3.31. The van der Waals surface area contributed by atoms with E-state index < -0.39 is 0 Å². The second kappa shape index (κ2) is 4.09. The maximum Gasteiger partial charge on any atom is 0.0372 e. The summed E-state index contributed by atoms with van der Waals surface area (Å²) in [6.07, 6.45) is 1.96. The molecule has 0 amide bonds. The van der Waals surface area contributed by atoms with Gasteiger partial charge in [-0.1, -0.05) is 33.8 Å². The zero-order valence-electron chi connectivity index (χ0n) is 11.7. The Kier molecular flexibility index (Phi) is 3.03. The van der Waals surface area contributed by atoms with E-state index in [-0.39, 0.29) is 0 Å². The van der Waals surface area contributed by atoms with Gasteiger partial charge < -0.3 is 5.32 Å². The van der Waals surface area contributed by atoms with Crippen LogP contribution in [-0.2, 0) is 6.54 Å². The van der Waals surface area contributed by atoms with E-state index in [2.05, 4.69) is 50.1 Å². The van der Waals surface area contributed by atoms with Crippen LogP contribution in [0.4, 0.5) is 0 Å². The van der Waals surface area contributed by atoms with E-state index in [0.717, 1.165) is 24.7 Å². The number of nitrogens with zero attached hydrogens (tertiary/aromatic N) is 1. The number of rotatable bonds is 4. The van der Waals surface area contributed by atoms with Gasteiger partial charge in [0.1, 0.15) is 0 Å². The van der Waals surface area contributed by atoms with E-state index in [0.29, 0.717) is 10.8 Å². The minimum Gasteiger partial charge on any atom is -0.312 e. The van der Waals surface area contributed by atoms with Crippen LogP contribution in [0.5, 0.6) is 0 Å². The molecule has 1 heterocycles. The largest absolute Gasteiger partial charge is 0.312 e. The maximum absolute atomic E-state index is 4.31. The molecule has 1 aromatic heterocycles. The van der Waals surface area contributed by atoms with Crippen molar-refractivity contribution in [2.75, 3.05) is 6.54 Å². The highest BCUT2D eigenvalue weighted by atomic mass is 14.9. The third-order valence-corrected chi connectivity index (χ3v) is 4.97. The average Bonchev–Trinajstić information content (AvgIpc) is 2.63. The zero-order chi connectivity index (χ0) is 12.7. The Morgan fingerprint density at radius 2 is 1.82 bits per heavy atom. The van der Waals surface area contributed by atoms with Gasteiger partial charge in [-0.05, 0) is 41.8 Å². The third-order valence-electron chi connectivity index (χ3n) is 4.97. The van der Waals surface area contributed by atoms with Crippen molar-refractivity contribution in [2.24, 2.45) is 16.7 Å². The van der Waals surface area contributed by atoms with Crippen molar-refractivity contribution in [2.45, 2.75) is 41.2 Å². The highest BCUT2D eigenvalue weighted by Crippen LogP contribution is 2.67. The summed E-state index contributed by atoms with van der Waals surface area (Å²) in [6, 6.07) is 4.22. The Hall–Kier alpha value is -0.890. The van der Waals surface area contributed by atoms with Gasteiger partial charge in [-0.2, -0.15) is 0 Å². The summed E-state index contributed by atoms with van der Waals surface area (Å²) in [7, 11) is 0. The fraction of sp³-hybridized carbons (Fsp3) is 0.667. The Morgan fingerprint density at radius 1 is 1.18 bits per heavy atom. The van der Waals surface area contributed by atoms with E-state index in [9.17, 15) is 0 Å². The molecule has 0 radical (unpaired) electrons. The Bertz CT molecular complexity index is 376. The number of aryl methyl sites for hydroxylation is 1. The molecule has 1 N–H and O–H groups in total. The summed E-state index contributed by atoms with van der Waals surface area (Å²) in [5.74, 6) is 0.786. The maximum atomic E-state index is 4.31. The molecule has 1 aliphatic rings. The van der Waals surface area contributed by atoms with Gasteiger partial charge in [0.25, 0.3) is 0 Å². The molecule has 17 heavy (non-hydrogen) atoms. The SMILES string of the molecule is Cc1ccc(CNCC2C(C)(C)C2(C)C)cn1. The van der Waals surface area contributed by atoms with Crippen molar-refractivity contribution in [3.63, 3.8) is 0 Å². The first-order valence-corrected chi connectivity index (χ1v) is 6.48. The van der Waals surface area contributed by atoms with Crippen LogP contribution in [0.1, 0.15) is 39.0 Å². The smallest absolute Gasteiger partial charge is 0.0372 e. The lowest BCUT2D eigenvalue weighted by atomic mass is 10.0. The molecule has 0 aliphatic heterocycles. The van der Waals surface area contributed by atoms with E-state index in [1.807, 2.05) is 13.1 Å². The Morgan fingerprint density at radius 3 is 2.29 bits per heavy atom. The number of nitrogens with one attached hydrogen (secondary N) is 1. The molecule has 0 bridgehead atoms. The normalized spacial score (nSPS) is 21.5. The topological polar surface area (TPSA) is 24.9 Å². The summed E-state index contributed by atoms with van der Waals surface area (Å²) < 4.78 is 0. The van der Waals surface area contributed by atoms with Crippen molar-refractivity contribution in [3.05, 3.63) is 29.6 Å². The average molecular weight is 232 g/mol. The fourth-order valence-electron chi connectivity index (χ4n) is 2.81.